The number of morpholine rings is 1. The Hall–Kier alpha value is -15.4. The summed E-state index contributed by atoms with van der Waals surface area (Å²) in [6, 6.07) is 58.1. The van der Waals surface area contributed by atoms with E-state index in [1.807, 2.05) is 139 Å². The van der Waals surface area contributed by atoms with E-state index in [9.17, 15) is 4.39 Å². The molecule has 7 aromatic carbocycles. The molecule has 13 aromatic rings. The largest absolute Gasteiger partial charge is 0.460 e. The SMILES string of the molecule is C[C@H]1OC(N)=N[C@@]12Cc1cccc(-c3ccncc3)c1C2.C[C@H]1OC(N)=N[C@@]12Cc1cccc(-c3ccncc3F)c1C2.C[C@H]1OC(N)=N[C@@]12Cc1cccc(-c3ccnnc3)c1C2.C[C@H]1OC(N)=N[C@@]12Cc1cccc(-c3cnc(N(C)C)nc3)c1C2.C[C@H]1OC(N)=N[C@@]12Cc1cccc(-c3cnc4ccccc4c3)c1C2.C[C@H]1OC(N)=N[C@@]12Cc1cccc(-c3cncc(N4CCOCC4)n3)c1C2. The maximum Gasteiger partial charge on any atom is 0.282 e. The number of ether oxygens (including phenoxy) is 7. The minimum Gasteiger partial charge on any atom is -0.460 e. The Kier molecular flexibility index (Phi) is 23.7. The van der Waals surface area contributed by atoms with Crippen LogP contribution in [0.1, 0.15) is 108 Å². The van der Waals surface area contributed by atoms with Crippen LogP contribution in [0.3, 0.4) is 0 Å². The van der Waals surface area contributed by atoms with Crippen LogP contribution in [0.15, 0.2) is 262 Å². The number of hydrogen-bond donors (Lipinski definition) is 6. The smallest absolute Gasteiger partial charge is 0.282 e. The fraction of sp³-hybridized carbons (Fsp3) is 0.330. The monoisotopic (exact) mass is 1870 g/mol. The number of aromatic nitrogens is 9. The molecule has 6 aromatic heterocycles. The molecule has 26 rings (SSSR count). The normalized spacial score (nSPS) is 25.8. The maximum atomic E-state index is 14.1. The predicted octanol–water partition coefficient (Wildman–Crippen LogP) is 13.3. The van der Waals surface area contributed by atoms with E-state index in [-0.39, 0.29) is 81.7 Å². The van der Waals surface area contributed by atoms with Gasteiger partial charge in [-0.15, -0.1) is 0 Å². The second-order valence-electron chi connectivity index (χ2n) is 38.8. The van der Waals surface area contributed by atoms with Gasteiger partial charge in [0.2, 0.25) is 5.95 Å². The highest BCUT2D eigenvalue weighted by atomic mass is 19.1. The molecule has 13 heterocycles. The average molecular weight is 1880 g/mol. The minimum absolute atomic E-state index is 0.00229. The molecule has 6 spiro atoms. The quantitative estimate of drug-likeness (QED) is 0.0823. The molecule has 1 saturated heterocycles. The fourth-order valence-corrected chi connectivity index (χ4v) is 22.7. The Morgan fingerprint density at radius 2 is 0.700 bits per heavy atom. The molecule has 140 heavy (non-hydrogen) atoms. The van der Waals surface area contributed by atoms with Crippen LogP contribution < -0.4 is 44.2 Å². The predicted molar refractivity (Wildman–Crippen MR) is 540 cm³/mol. The van der Waals surface area contributed by atoms with Gasteiger partial charge in [-0.05, 0) is 178 Å². The summed E-state index contributed by atoms with van der Waals surface area (Å²) >= 11 is 0. The van der Waals surface area contributed by atoms with Crippen LogP contribution in [0.5, 0.6) is 0 Å². The molecule has 30 nitrogen and oxygen atoms in total. The average Bonchev–Trinajstić information content (AvgIpc) is 1.61. The Labute approximate surface area is 811 Å². The third kappa shape index (κ3) is 17.1. The van der Waals surface area contributed by atoms with E-state index in [2.05, 4.69) is 198 Å². The van der Waals surface area contributed by atoms with Gasteiger partial charge in [0.1, 0.15) is 81.5 Å². The highest BCUT2D eigenvalue weighted by Gasteiger charge is 2.54. The van der Waals surface area contributed by atoms with E-state index in [0.29, 0.717) is 48.0 Å². The summed E-state index contributed by atoms with van der Waals surface area (Å²) in [4.78, 5) is 62.6. The van der Waals surface area contributed by atoms with E-state index in [1.54, 1.807) is 24.7 Å². The fourth-order valence-electron chi connectivity index (χ4n) is 22.7. The van der Waals surface area contributed by atoms with E-state index < -0.39 is 0 Å². The minimum atomic E-state index is -0.355. The molecule has 0 unspecified atom stereocenters. The molecular weight excluding hydrogens is 1760 g/mol. The van der Waals surface area contributed by atoms with Gasteiger partial charge in [0.25, 0.3) is 36.1 Å². The van der Waals surface area contributed by atoms with Crippen molar-refractivity contribution in [3.8, 4) is 66.9 Å². The lowest BCUT2D eigenvalue weighted by atomic mass is 9.90. The number of amidine groups is 6. The molecule has 712 valence electrons. The van der Waals surface area contributed by atoms with Gasteiger partial charge in [-0.25, -0.2) is 49.3 Å². The van der Waals surface area contributed by atoms with Crippen molar-refractivity contribution in [3.05, 3.63) is 305 Å². The van der Waals surface area contributed by atoms with Gasteiger partial charge >= 0.3 is 0 Å². The van der Waals surface area contributed by atoms with Crippen molar-refractivity contribution in [1.82, 2.24) is 45.1 Å². The van der Waals surface area contributed by atoms with Crippen molar-refractivity contribution in [2.24, 2.45) is 64.4 Å². The van der Waals surface area contributed by atoms with Crippen LogP contribution in [-0.2, 0) is 110 Å². The van der Waals surface area contributed by atoms with Crippen LogP contribution in [0, 0.1) is 5.82 Å². The third-order valence-corrected chi connectivity index (χ3v) is 30.3. The number of pyridine rings is 3. The van der Waals surface area contributed by atoms with Gasteiger partial charge in [-0.1, -0.05) is 127 Å². The molecule has 6 aliphatic carbocycles. The number of anilines is 2. The van der Waals surface area contributed by atoms with Gasteiger partial charge in [-0.3, -0.25) is 19.9 Å². The van der Waals surface area contributed by atoms with Gasteiger partial charge < -0.3 is 77.4 Å². The Balaban J connectivity index is 0.0000001000. The summed E-state index contributed by atoms with van der Waals surface area (Å²) in [5.41, 5.74) is 62.5. The molecule has 31 heteroatoms. The Morgan fingerprint density at radius 3 is 1.11 bits per heavy atom. The first-order chi connectivity index (χ1) is 67.7. The van der Waals surface area contributed by atoms with E-state index in [0.717, 1.165) is 153 Å². The lowest BCUT2D eigenvalue weighted by Crippen LogP contribution is -2.37. The number of benzene rings is 7. The topological polar surface area (TPSA) is 417 Å². The molecule has 0 radical (unpaired) electrons. The zero-order valence-electron chi connectivity index (χ0n) is 79.5. The molecule has 7 aliphatic heterocycles. The summed E-state index contributed by atoms with van der Waals surface area (Å²) in [6.45, 7) is 15.4. The number of halogens is 1. The van der Waals surface area contributed by atoms with Crippen LogP contribution in [0.2, 0.25) is 0 Å². The number of hydrogen-bond acceptors (Lipinski definition) is 30. The van der Waals surface area contributed by atoms with E-state index in [1.165, 1.54) is 95.2 Å². The van der Waals surface area contributed by atoms with Crippen molar-refractivity contribution in [3.63, 3.8) is 0 Å². The second-order valence-corrected chi connectivity index (χ2v) is 38.8. The number of nitrogens with two attached hydrogens (primary N) is 6. The summed E-state index contributed by atoms with van der Waals surface area (Å²) in [5.74, 6) is 1.30. The highest BCUT2D eigenvalue weighted by molar-refractivity contribution is 5.86. The number of rotatable bonds is 8. The zero-order chi connectivity index (χ0) is 96.6. The van der Waals surface area contributed by atoms with Crippen molar-refractivity contribution in [2.45, 2.75) is 188 Å². The Bertz CT molecular complexity index is 7040. The number of aliphatic imine (C=N–C) groups is 6. The summed E-state index contributed by atoms with van der Waals surface area (Å²) in [6.07, 6.45) is 29.4. The summed E-state index contributed by atoms with van der Waals surface area (Å²) < 4.78 is 53.2. The van der Waals surface area contributed by atoms with Crippen LogP contribution >= 0.6 is 0 Å². The number of fused-ring (bicyclic) bond motifs is 7. The number of nitrogens with zero attached hydrogens (tertiary/aromatic N) is 17. The molecule has 12 atom stereocenters. The van der Waals surface area contributed by atoms with Gasteiger partial charge in [-0.2, -0.15) is 10.2 Å². The maximum absolute atomic E-state index is 14.1. The molecule has 1 fully saturated rings. The van der Waals surface area contributed by atoms with Crippen LogP contribution in [0.4, 0.5) is 16.2 Å². The third-order valence-electron chi connectivity index (χ3n) is 30.3. The van der Waals surface area contributed by atoms with E-state index in [4.69, 9.17) is 72.5 Å². The lowest BCUT2D eigenvalue weighted by Gasteiger charge is -2.27. The van der Waals surface area contributed by atoms with Crippen LogP contribution in [0.25, 0.3) is 77.8 Å². The van der Waals surface area contributed by atoms with Gasteiger partial charge in [0, 0.05) is 175 Å². The second kappa shape index (κ2) is 36.5. The first-order valence-electron chi connectivity index (χ1n) is 47.8. The zero-order valence-corrected chi connectivity index (χ0v) is 79.5. The van der Waals surface area contributed by atoms with Crippen molar-refractivity contribution in [2.75, 3.05) is 50.2 Å². The lowest BCUT2D eigenvalue weighted by molar-refractivity contribution is 0.122. The van der Waals surface area contributed by atoms with Crippen molar-refractivity contribution in [1.29, 1.82) is 0 Å². The molecule has 0 bridgehead atoms. The van der Waals surface area contributed by atoms with E-state index >= 15 is 0 Å². The molecule has 12 N–H and O–H groups in total. The van der Waals surface area contributed by atoms with Gasteiger partial charge in [0.15, 0.2) is 0 Å². The molecule has 13 aliphatic rings. The number of para-hydroxylation sites is 1. The molecular formula is C109H112FN23O7. The highest BCUT2D eigenvalue weighted by Crippen LogP contribution is 2.51. The van der Waals surface area contributed by atoms with Crippen molar-refractivity contribution < 1.29 is 37.5 Å². The van der Waals surface area contributed by atoms with Gasteiger partial charge in [0.05, 0.1) is 55.4 Å². The van der Waals surface area contributed by atoms with Crippen molar-refractivity contribution >= 4 is 58.8 Å². The molecule has 0 saturated carbocycles. The summed E-state index contributed by atoms with van der Waals surface area (Å²) in [7, 11) is 3.87. The molecule has 0 amide bonds. The first kappa shape index (κ1) is 91.0. The first-order valence-corrected chi connectivity index (χ1v) is 47.8. The summed E-state index contributed by atoms with van der Waals surface area (Å²) in [5, 5.41) is 8.99. The standard InChI is InChI=1S/C21H19N3O.C20H23N5O2.C18H21N5O.C17H16FN3O.C17H17N3O.C16H16N4O/c1-13-21(24-20(22)25-13)10-15-6-4-7-17(18(15)11-21)16-9-14-5-2-3-8-19(14)23-12-16;1-13-20(24-19(21)27-13)9-14-3-2-4-15(16(14)10-20)17-11-22-12-18(23-17)25-5-7-26-8-6-25;1-11-18(22-16(19)24-11)7-12-5-4-6-14(15(12)8-18)13-9-20-17(21-10-13)23(2)3;1-10-17(21-16(19)22-10)7-11-3-2-4-12(14(11)8-17)13-5-6-20-9-15(13)18;1-11-17(20-16(18)21-11)9-13-3-2-4-14(15(13)10-17)12-5-7-19-8-6-12;1-10-16(20-15(17)21-10)7-11-3-2-4-13(14(11)8-16)12-5-6-18-19-9-12/h2-9,12-13H,10-11H2,1H3,(H2,22,24);2-4,11-13H,5-10H2,1H3,(H2,21,24);4-6,9-11H,7-8H2,1-3H3,(H2,19,22);2-6,9-10H,7-8H2,1H3,(H2,19,21);2-8,11H,9-10H2,1H3,(H2,18,20);2-6,9-10H,7-8H2,1H3,(H2,17,20)/t13-,21-;13-,20-;11-,18-;10-,17-;11-,17-;10-,16-/m111111/s1. The van der Waals surface area contributed by atoms with Crippen LogP contribution in [-0.4, -0.2) is 191 Å². The Morgan fingerprint density at radius 1 is 0.329 bits per heavy atom.